The third kappa shape index (κ3) is 3.92. The maximum atomic E-state index is 12.1. The van der Waals surface area contributed by atoms with Gasteiger partial charge in [-0.3, -0.25) is 0 Å². The van der Waals surface area contributed by atoms with E-state index in [1.807, 2.05) is 6.92 Å². The smallest absolute Gasteiger partial charge is 0.387 e. The van der Waals surface area contributed by atoms with E-state index in [0.717, 1.165) is 24.8 Å². The fourth-order valence-corrected chi connectivity index (χ4v) is 3.04. The van der Waals surface area contributed by atoms with Crippen LogP contribution in [0.3, 0.4) is 0 Å². The summed E-state index contributed by atoms with van der Waals surface area (Å²) >= 11 is 0. The summed E-state index contributed by atoms with van der Waals surface area (Å²) in [6, 6.07) is 7.06. The Morgan fingerprint density at radius 2 is 2.05 bits per heavy atom. The van der Waals surface area contributed by atoms with E-state index in [0.29, 0.717) is 0 Å². The first kappa shape index (κ1) is 16.2. The largest absolute Gasteiger partial charge is 0.435 e. The quantitative estimate of drug-likeness (QED) is 0.845. The zero-order valence-electron chi connectivity index (χ0n) is 12.5. The van der Waals surface area contributed by atoms with Gasteiger partial charge in [0.1, 0.15) is 5.75 Å². The van der Waals surface area contributed by atoms with E-state index in [4.69, 9.17) is 0 Å². The van der Waals surface area contributed by atoms with Crippen LogP contribution in [-0.2, 0) is 0 Å². The van der Waals surface area contributed by atoms with E-state index in [2.05, 4.69) is 17.0 Å². The molecule has 21 heavy (non-hydrogen) atoms. The van der Waals surface area contributed by atoms with Crippen LogP contribution in [0.15, 0.2) is 24.3 Å². The highest BCUT2D eigenvalue weighted by atomic mass is 19.3. The van der Waals surface area contributed by atoms with E-state index in [1.165, 1.54) is 0 Å². The summed E-state index contributed by atoms with van der Waals surface area (Å²) in [4.78, 5) is 0. The third-order valence-corrected chi connectivity index (χ3v) is 4.50. The van der Waals surface area contributed by atoms with Crippen molar-refractivity contribution >= 4 is 0 Å². The van der Waals surface area contributed by atoms with E-state index in [-0.39, 0.29) is 29.9 Å². The second-order valence-corrected chi connectivity index (χ2v) is 6.09. The van der Waals surface area contributed by atoms with Crippen LogP contribution in [0.1, 0.15) is 44.7 Å². The van der Waals surface area contributed by atoms with Gasteiger partial charge in [0.2, 0.25) is 0 Å². The molecule has 0 aliphatic heterocycles. The maximum absolute atomic E-state index is 12.1. The lowest BCUT2D eigenvalue weighted by Crippen LogP contribution is -2.42. The molecule has 0 amide bonds. The summed E-state index contributed by atoms with van der Waals surface area (Å²) in [6.07, 6.45) is 3.19. The van der Waals surface area contributed by atoms with Gasteiger partial charge >= 0.3 is 6.61 Å². The average Bonchev–Trinajstić information content (AvgIpc) is 2.81. The van der Waals surface area contributed by atoms with Crippen LogP contribution >= 0.6 is 0 Å². The normalized spacial score (nSPS) is 27.0. The van der Waals surface area contributed by atoms with Gasteiger partial charge in [0.15, 0.2) is 0 Å². The van der Waals surface area contributed by atoms with Gasteiger partial charge in [-0.1, -0.05) is 25.5 Å². The molecule has 0 saturated heterocycles. The summed E-state index contributed by atoms with van der Waals surface area (Å²) in [5.74, 6) is 0.169. The topological polar surface area (TPSA) is 41.5 Å². The van der Waals surface area contributed by atoms with Crippen molar-refractivity contribution in [3.8, 4) is 5.75 Å². The Morgan fingerprint density at radius 1 is 1.38 bits per heavy atom. The molecule has 3 unspecified atom stereocenters. The second-order valence-electron chi connectivity index (χ2n) is 6.09. The standard InChI is InChI=1S/C16H23F2NO2/c1-11(19-14-4-3-9-16(14,2)10-20)12-5-7-13(8-6-12)21-15(17)18/h5-8,11,14-15,19-20H,3-4,9-10H2,1-2H3. The number of benzene rings is 1. The number of aliphatic hydroxyl groups excluding tert-OH is 1. The average molecular weight is 299 g/mol. The van der Waals surface area contributed by atoms with Crippen molar-refractivity contribution in [3.63, 3.8) is 0 Å². The molecule has 2 N–H and O–H groups in total. The van der Waals surface area contributed by atoms with Gasteiger partial charge in [-0.15, -0.1) is 0 Å². The van der Waals surface area contributed by atoms with E-state index in [1.54, 1.807) is 24.3 Å². The minimum atomic E-state index is -2.80. The molecule has 0 heterocycles. The number of aliphatic hydroxyl groups is 1. The molecule has 0 spiro atoms. The van der Waals surface area contributed by atoms with Crippen LogP contribution in [0, 0.1) is 5.41 Å². The Balaban J connectivity index is 1.98. The molecule has 1 aromatic rings. The van der Waals surface area contributed by atoms with Crippen LogP contribution in [0.25, 0.3) is 0 Å². The van der Waals surface area contributed by atoms with E-state index in [9.17, 15) is 13.9 Å². The number of halogens is 2. The lowest BCUT2D eigenvalue weighted by atomic mass is 9.85. The van der Waals surface area contributed by atoms with Gasteiger partial charge in [-0.2, -0.15) is 8.78 Å². The Labute approximate surface area is 124 Å². The lowest BCUT2D eigenvalue weighted by molar-refractivity contribution is -0.0498. The van der Waals surface area contributed by atoms with E-state index < -0.39 is 6.61 Å². The first-order valence-corrected chi connectivity index (χ1v) is 7.36. The van der Waals surface area contributed by atoms with Crippen LogP contribution in [0.5, 0.6) is 5.75 Å². The lowest BCUT2D eigenvalue weighted by Gasteiger charge is -2.32. The SMILES string of the molecule is CC(NC1CCCC1(C)CO)c1ccc(OC(F)F)cc1. The molecule has 1 saturated carbocycles. The minimum Gasteiger partial charge on any atom is -0.435 e. The van der Waals surface area contributed by atoms with Gasteiger partial charge in [-0.25, -0.2) is 0 Å². The van der Waals surface area contributed by atoms with Gasteiger partial charge in [-0.05, 0) is 37.5 Å². The Bertz CT molecular complexity index is 452. The number of alkyl halides is 2. The predicted octanol–water partition coefficient (Wildman–Crippen LogP) is 3.49. The Morgan fingerprint density at radius 3 is 2.62 bits per heavy atom. The van der Waals surface area contributed by atoms with Crippen molar-refractivity contribution in [1.29, 1.82) is 0 Å². The number of ether oxygens (including phenoxy) is 1. The molecule has 0 aromatic heterocycles. The van der Waals surface area contributed by atoms with Crippen LogP contribution in [0.4, 0.5) is 8.78 Å². The highest BCUT2D eigenvalue weighted by Gasteiger charge is 2.38. The predicted molar refractivity (Wildman–Crippen MR) is 77.5 cm³/mol. The summed E-state index contributed by atoms with van der Waals surface area (Å²) in [5, 5.41) is 13.1. The first-order chi connectivity index (χ1) is 9.94. The van der Waals surface area contributed by atoms with Crippen molar-refractivity contribution in [2.24, 2.45) is 5.41 Å². The van der Waals surface area contributed by atoms with Gasteiger partial charge < -0.3 is 15.2 Å². The fourth-order valence-electron chi connectivity index (χ4n) is 3.04. The van der Waals surface area contributed by atoms with E-state index >= 15 is 0 Å². The van der Waals surface area contributed by atoms with Crippen LogP contribution in [-0.4, -0.2) is 24.4 Å². The minimum absolute atomic E-state index is 0.0764. The molecule has 118 valence electrons. The summed E-state index contributed by atoms with van der Waals surface area (Å²) in [7, 11) is 0. The zero-order chi connectivity index (χ0) is 15.5. The molecule has 3 nitrogen and oxygen atoms in total. The van der Waals surface area contributed by atoms with Gasteiger partial charge in [0, 0.05) is 24.1 Å². The molecule has 1 aromatic carbocycles. The van der Waals surface area contributed by atoms with Gasteiger partial charge in [0.05, 0.1) is 0 Å². The van der Waals surface area contributed by atoms with Crippen molar-refractivity contribution in [2.45, 2.75) is 51.8 Å². The number of hydrogen-bond acceptors (Lipinski definition) is 3. The number of hydrogen-bond donors (Lipinski definition) is 2. The third-order valence-electron chi connectivity index (χ3n) is 4.50. The fraction of sp³-hybridized carbons (Fsp3) is 0.625. The summed E-state index contributed by atoms with van der Waals surface area (Å²) in [5.41, 5.74) is 0.941. The number of rotatable bonds is 6. The molecule has 1 aliphatic carbocycles. The van der Waals surface area contributed by atoms with Crippen molar-refractivity contribution in [2.75, 3.05) is 6.61 Å². The molecule has 0 bridgehead atoms. The van der Waals surface area contributed by atoms with Crippen molar-refractivity contribution in [1.82, 2.24) is 5.32 Å². The monoisotopic (exact) mass is 299 g/mol. The molecule has 1 fully saturated rings. The molecule has 2 rings (SSSR count). The second kappa shape index (κ2) is 6.71. The highest BCUT2D eigenvalue weighted by Crippen LogP contribution is 2.38. The van der Waals surface area contributed by atoms with Crippen molar-refractivity contribution < 1.29 is 18.6 Å². The van der Waals surface area contributed by atoms with Gasteiger partial charge in [0.25, 0.3) is 0 Å². The maximum Gasteiger partial charge on any atom is 0.387 e. The molecule has 3 atom stereocenters. The summed E-state index contributed by atoms with van der Waals surface area (Å²) in [6.45, 7) is 1.52. The van der Waals surface area contributed by atoms with Crippen LogP contribution < -0.4 is 10.1 Å². The molecule has 0 radical (unpaired) electrons. The zero-order valence-corrected chi connectivity index (χ0v) is 12.5. The summed E-state index contributed by atoms with van der Waals surface area (Å²) < 4.78 is 28.6. The molecular formula is C16H23F2NO2. The molecular weight excluding hydrogens is 276 g/mol. The Hall–Kier alpha value is -1.20. The first-order valence-electron chi connectivity index (χ1n) is 7.36. The number of nitrogens with one attached hydrogen (secondary N) is 1. The highest BCUT2D eigenvalue weighted by molar-refractivity contribution is 5.29. The molecule has 5 heteroatoms. The van der Waals surface area contributed by atoms with Crippen molar-refractivity contribution in [3.05, 3.63) is 29.8 Å². The Kier molecular flexibility index (Phi) is 5.17. The van der Waals surface area contributed by atoms with Crippen LogP contribution in [0.2, 0.25) is 0 Å². The molecule has 1 aliphatic rings.